The van der Waals surface area contributed by atoms with Gasteiger partial charge >= 0.3 is 0 Å². The van der Waals surface area contributed by atoms with Gasteiger partial charge in [0.25, 0.3) is 5.91 Å². The van der Waals surface area contributed by atoms with Crippen LogP contribution in [0.2, 0.25) is 0 Å². The van der Waals surface area contributed by atoms with Gasteiger partial charge in [0, 0.05) is 11.5 Å². The van der Waals surface area contributed by atoms with Crippen molar-refractivity contribution in [2.45, 2.75) is 32.4 Å². The molecule has 0 bridgehead atoms. The van der Waals surface area contributed by atoms with Gasteiger partial charge in [0.2, 0.25) is 0 Å². The average Bonchev–Trinajstić information content (AvgIpc) is 2.37. The first-order valence-corrected chi connectivity index (χ1v) is 6.26. The standard InChI is InChI=1S/C14H18FNO3/c1-14(2)11(7-12(14)17)16-13(18)8-19-10-6-4-3-5-9(10)15/h3-6,11-12,17H,7-8H2,1-2H3,(H,16,18). The Labute approximate surface area is 111 Å². The van der Waals surface area contributed by atoms with Gasteiger partial charge in [-0.2, -0.15) is 0 Å². The molecule has 0 saturated heterocycles. The number of hydrogen-bond donors (Lipinski definition) is 2. The molecule has 0 heterocycles. The SMILES string of the molecule is CC1(C)C(O)CC1NC(=O)COc1ccccc1F. The molecule has 19 heavy (non-hydrogen) atoms. The lowest BCUT2D eigenvalue weighted by Crippen LogP contribution is -2.61. The maximum atomic E-state index is 13.3. The van der Waals surface area contributed by atoms with Crippen LogP contribution in [0.1, 0.15) is 20.3 Å². The minimum Gasteiger partial charge on any atom is -0.481 e. The smallest absolute Gasteiger partial charge is 0.258 e. The van der Waals surface area contributed by atoms with Crippen LogP contribution in [-0.2, 0) is 4.79 Å². The molecule has 1 aromatic carbocycles. The van der Waals surface area contributed by atoms with Gasteiger partial charge in [-0.1, -0.05) is 26.0 Å². The summed E-state index contributed by atoms with van der Waals surface area (Å²) in [5.41, 5.74) is -0.326. The van der Waals surface area contributed by atoms with E-state index >= 15 is 0 Å². The summed E-state index contributed by atoms with van der Waals surface area (Å²) in [6.07, 6.45) is 0.142. The molecule has 4 nitrogen and oxygen atoms in total. The summed E-state index contributed by atoms with van der Waals surface area (Å²) in [7, 11) is 0. The van der Waals surface area contributed by atoms with Gasteiger partial charge < -0.3 is 15.2 Å². The maximum Gasteiger partial charge on any atom is 0.258 e. The lowest BCUT2D eigenvalue weighted by Gasteiger charge is -2.49. The second kappa shape index (κ2) is 5.17. The minimum absolute atomic E-state index is 0.0607. The number of amides is 1. The zero-order chi connectivity index (χ0) is 14.0. The van der Waals surface area contributed by atoms with Crippen LogP contribution in [-0.4, -0.2) is 29.8 Å². The van der Waals surface area contributed by atoms with E-state index in [1.165, 1.54) is 12.1 Å². The van der Waals surface area contributed by atoms with Crippen molar-refractivity contribution in [2.75, 3.05) is 6.61 Å². The van der Waals surface area contributed by atoms with E-state index in [1.807, 2.05) is 13.8 Å². The number of hydrogen-bond acceptors (Lipinski definition) is 3. The highest BCUT2D eigenvalue weighted by Crippen LogP contribution is 2.40. The number of ether oxygens (including phenoxy) is 1. The summed E-state index contributed by atoms with van der Waals surface area (Å²) in [5, 5.41) is 12.4. The summed E-state index contributed by atoms with van der Waals surface area (Å²) < 4.78 is 18.4. The summed E-state index contributed by atoms with van der Waals surface area (Å²) >= 11 is 0. The van der Waals surface area contributed by atoms with E-state index in [1.54, 1.807) is 12.1 Å². The zero-order valence-corrected chi connectivity index (χ0v) is 11.0. The predicted molar refractivity (Wildman–Crippen MR) is 68.2 cm³/mol. The molecule has 2 N–H and O–H groups in total. The Morgan fingerprint density at radius 2 is 2.21 bits per heavy atom. The molecule has 0 radical (unpaired) electrons. The van der Waals surface area contributed by atoms with Gasteiger partial charge in [-0.25, -0.2) is 4.39 Å². The van der Waals surface area contributed by atoms with Crippen molar-refractivity contribution < 1.29 is 19.0 Å². The number of nitrogens with one attached hydrogen (secondary N) is 1. The maximum absolute atomic E-state index is 13.3. The van der Waals surface area contributed by atoms with Crippen LogP contribution < -0.4 is 10.1 Å². The van der Waals surface area contributed by atoms with E-state index in [2.05, 4.69) is 5.32 Å². The summed E-state index contributed by atoms with van der Waals surface area (Å²) in [5.74, 6) is -0.742. The normalized spacial score (nSPS) is 24.4. The number of carbonyl (C=O) groups excluding carboxylic acids is 1. The Kier molecular flexibility index (Phi) is 3.75. The fourth-order valence-corrected chi connectivity index (χ4v) is 2.09. The first kappa shape index (κ1) is 13.8. The number of benzene rings is 1. The molecule has 1 saturated carbocycles. The molecule has 2 unspecified atom stereocenters. The van der Waals surface area contributed by atoms with Crippen molar-refractivity contribution in [3.8, 4) is 5.75 Å². The third-order valence-corrected chi connectivity index (χ3v) is 3.75. The van der Waals surface area contributed by atoms with Gasteiger partial charge in [-0.3, -0.25) is 4.79 Å². The number of rotatable bonds is 4. The molecular formula is C14H18FNO3. The summed E-state index contributed by atoms with van der Waals surface area (Å²) in [6, 6.07) is 5.87. The van der Waals surface area contributed by atoms with Crippen LogP contribution in [0.15, 0.2) is 24.3 Å². The fraction of sp³-hybridized carbons (Fsp3) is 0.500. The first-order chi connectivity index (χ1) is 8.91. The van der Waals surface area contributed by atoms with Crippen LogP contribution in [0, 0.1) is 11.2 Å². The molecule has 0 aromatic heterocycles. The summed E-state index contributed by atoms with van der Waals surface area (Å²) in [4.78, 5) is 11.7. The van der Waals surface area contributed by atoms with E-state index in [4.69, 9.17) is 4.74 Å². The summed E-state index contributed by atoms with van der Waals surface area (Å²) in [6.45, 7) is 3.55. The van der Waals surface area contributed by atoms with Crippen molar-refractivity contribution in [1.29, 1.82) is 0 Å². The second-order valence-corrected chi connectivity index (χ2v) is 5.41. The van der Waals surface area contributed by atoms with E-state index in [-0.39, 0.29) is 29.7 Å². The van der Waals surface area contributed by atoms with Crippen LogP contribution in [0.25, 0.3) is 0 Å². The Hall–Kier alpha value is -1.62. The molecule has 0 aliphatic heterocycles. The van der Waals surface area contributed by atoms with Gasteiger partial charge in [-0.05, 0) is 18.6 Å². The molecule has 1 aromatic rings. The number of carbonyl (C=O) groups is 1. The van der Waals surface area contributed by atoms with Crippen molar-refractivity contribution in [3.05, 3.63) is 30.1 Å². The largest absolute Gasteiger partial charge is 0.481 e. The molecule has 5 heteroatoms. The highest BCUT2D eigenvalue weighted by atomic mass is 19.1. The highest BCUT2D eigenvalue weighted by molar-refractivity contribution is 5.78. The number of halogens is 1. The van der Waals surface area contributed by atoms with Gasteiger partial charge in [0.15, 0.2) is 18.2 Å². The molecule has 0 spiro atoms. The molecular weight excluding hydrogens is 249 g/mol. The highest BCUT2D eigenvalue weighted by Gasteiger charge is 2.47. The lowest BCUT2D eigenvalue weighted by atomic mass is 9.64. The fourth-order valence-electron chi connectivity index (χ4n) is 2.09. The molecule has 2 rings (SSSR count). The minimum atomic E-state index is -0.491. The van der Waals surface area contributed by atoms with E-state index in [9.17, 15) is 14.3 Å². The average molecular weight is 267 g/mol. The Bertz CT molecular complexity index is 476. The zero-order valence-electron chi connectivity index (χ0n) is 11.0. The Balaban J connectivity index is 1.82. The van der Waals surface area contributed by atoms with Crippen LogP contribution >= 0.6 is 0 Å². The Morgan fingerprint density at radius 1 is 1.53 bits per heavy atom. The second-order valence-electron chi connectivity index (χ2n) is 5.41. The molecule has 104 valence electrons. The van der Waals surface area contributed by atoms with E-state index < -0.39 is 11.9 Å². The Morgan fingerprint density at radius 3 is 2.79 bits per heavy atom. The van der Waals surface area contributed by atoms with Crippen molar-refractivity contribution in [3.63, 3.8) is 0 Å². The molecule has 1 fully saturated rings. The van der Waals surface area contributed by atoms with Gasteiger partial charge in [0.1, 0.15) is 0 Å². The first-order valence-electron chi connectivity index (χ1n) is 6.26. The van der Waals surface area contributed by atoms with Crippen molar-refractivity contribution in [1.82, 2.24) is 5.32 Å². The quantitative estimate of drug-likeness (QED) is 0.868. The van der Waals surface area contributed by atoms with Gasteiger partial charge in [0.05, 0.1) is 6.10 Å². The third-order valence-electron chi connectivity index (χ3n) is 3.75. The third kappa shape index (κ3) is 2.87. The van der Waals surface area contributed by atoms with Crippen LogP contribution in [0.5, 0.6) is 5.75 Å². The predicted octanol–water partition coefficient (Wildman–Crippen LogP) is 1.48. The molecule has 1 aliphatic carbocycles. The monoisotopic (exact) mass is 267 g/mol. The van der Waals surface area contributed by atoms with Crippen LogP contribution in [0.4, 0.5) is 4.39 Å². The van der Waals surface area contributed by atoms with E-state index in [0.29, 0.717) is 6.42 Å². The number of para-hydroxylation sites is 1. The van der Waals surface area contributed by atoms with Crippen molar-refractivity contribution in [2.24, 2.45) is 5.41 Å². The molecule has 2 atom stereocenters. The topological polar surface area (TPSA) is 58.6 Å². The van der Waals surface area contributed by atoms with E-state index in [0.717, 1.165) is 0 Å². The number of aliphatic hydroxyl groups excluding tert-OH is 1. The number of aliphatic hydroxyl groups is 1. The molecule has 1 aliphatic rings. The van der Waals surface area contributed by atoms with Crippen molar-refractivity contribution >= 4 is 5.91 Å². The van der Waals surface area contributed by atoms with Crippen LogP contribution in [0.3, 0.4) is 0 Å². The molecule has 1 amide bonds. The lowest BCUT2D eigenvalue weighted by molar-refractivity contribution is -0.131. The van der Waals surface area contributed by atoms with Gasteiger partial charge in [-0.15, -0.1) is 0 Å².